The van der Waals surface area contributed by atoms with Crippen molar-refractivity contribution in [2.45, 2.75) is 25.9 Å². The van der Waals surface area contributed by atoms with E-state index in [0.29, 0.717) is 12.5 Å². The molecule has 80 valence electrons. The Hall–Kier alpha value is -1.51. The van der Waals surface area contributed by atoms with Gasteiger partial charge in [0.1, 0.15) is 6.10 Å². The first-order valence-electron chi connectivity index (χ1n) is 5.21. The predicted octanol–water partition coefficient (Wildman–Crippen LogP) is 2.59. The molecule has 0 radical (unpaired) electrons. The van der Waals surface area contributed by atoms with Crippen molar-refractivity contribution in [1.82, 2.24) is 5.32 Å². The van der Waals surface area contributed by atoms with Gasteiger partial charge in [-0.25, -0.2) is 4.79 Å². The van der Waals surface area contributed by atoms with Crippen LogP contribution in [0.2, 0.25) is 0 Å². The Morgan fingerprint density at radius 2 is 2.00 bits per heavy atom. The number of rotatable bonds is 2. The molecule has 1 aliphatic heterocycles. The lowest BCUT2D eigenvalue weighted by molar-refractivity contribution is 0.141. The van der Waals surface area contributed by atoms with Crippen LogP contribution in [0.4, 0.5) is 4.79 Å². The maximum Gasteiger partial charge on any atom is 0.407 e. The molecule has 1 saturated heterocycles. The van der Waals surface area contributed by atoms with Crippen LogP contribution in [0.15, 0.2) is 24.3 Å². The van der Waals surface area contributed by atoms with Crippen molar-refractivity contribution in [2.24, 2.45) is 0 Å². The molecule has 1 N–H and O–H groups in total. The fraction of sp³-hybridized carbons (Fsp3) is 0.417. The summed E-state index contributed by atoms with van der Waals surface area (Å²) in [7, 11) is 0. The van der Waals surface area contributed by atoms with Gasteiger partial charge in [-0.05, 0) is 17.0 Å². The second kappa shape index (κ2) is 3.93. The fourth-order valence-corrected chi connectivity index (χ4v) is 1.67. The zero-order valence-corrected chi connectivity index (χ0v) is 8.99. The molecule has 1 aromatic carbocycles. The van der Waals surface area contributed by atoms with Crippen molar-refractivity contribution >= 4 is 6.09 Å². The number of ether oxygens (including phenoxy) is 1. The van der Waals surface area contributed by atoms with Crippen LogP contribution < -0.4 is 5.32 Å². The highest BCUT2D eigenvalue weighted by molar-refractivity contribution is 5.69. The maximum atomic E-state index is 10.9. The van der Waals surface area contributed by atoms with E-state index in [1.165, 1.54) is 5.56 Å². The minimum Gasteiger partial charge on any atom is -0.439 e. The van der Waals surface area contributed by atoms with Crippen LogP contribution >= 0.6 is 0 Å². The van der Waals surface area contributed by atoms with Gasteiger partial charge < -0.3 is 10.1 Å². The van der Waals surface area contributed by atoms with E-state index in [2.05, 4.69) is 31.3 Å². The minimum atomic E-state index is -0.326. The van der Waals surface area contributed by atoms with Crippen LogP contribution in [-0.2, 0) is 4.74 Å². The Bertz CT molecular complexity index is 356. The van der Waals surface area contributed by atoms with Crippen molar-refractivity contribution in [1.29, 1.82) is 0 Å². The first kappa shape index (κ1) is 10.0. The van der Waals surface area contributed by atoms with E-state index < -0.39 is 0 Å². The third-order valence-electron chi connectivity index (χ3n) is 2.66. The molecule has 0 aliphatic carbocycles. The van der Waals surface area contributed by atoms with Crippen molar-refractivity contribution in [3.8, 4) is 0 Å². The van der Waals surface area contributed by atoms with E-state index in [4.69, 9.17) is 4.74 Å². The molecule has 1 amide bonds. The molecule has 3 nitrogen and oxygen atoms in total. The van der Waals surface area contributed by atoms with Crippen LogP contribution in [0.1, 0.15) is 37.0 Å². The number of carbonyl (C=O) groups is 1. The molecule has 3 heteroatoms. The summed E-state index contributed by atoms with van der Waals surface area (Å²) in [6, 6.07) is 8.23. The van der Waals surface area contributed by atoms with E-state index in [1.807, 2.05) is 12.1 Å². The Labute approximate surface area is 89.4 Å². The summed E-state index contributed by atoms with van der Waals surface area (Å²) in [5, 5.41) is 2.64. The zero-order valence-electron chi connectivity index (χ0n) is 8.99. The van der Waals surface area contributed by atoms with Gasteiger partial charge in [0.05, 0.1) is 6.54 Å². The summed E-state index contributed by atoms with van der Waals surface area (Å²) in [4.78, 5) is 10.9. The lowest BCUT2D eigenvalue weighted by Gasteiger charge is -2.10. The van der Waals surface area contributed by atoms with Gasteiger partial charge in [-0.15, -0.1) is 0 Å². The van der Waals surface area contributed by atoms with Gasteiger partial charge in [-0.1, -0.05) is 38.1 Å². The number of hydrogen-bond donors (Lipinski definition) is 1. The van der Waals surface area contributed by atoms with Gasteiger partial charge in [0, 0.05) is 0 Å². The molecule has 0 bridgehead atoms. The summed E-state index contributed by atoms with van der Waals surface area (Å²) < 4.78 is 5.10. The average molecular weight is 205 g/mol. The number of benzene rings is 1. The molecule has 1 heterocycles. The first-order valence-corrected chi connectivity index (χ1v) is 5.21. The Kier molecular flexibility index (Phi) is 2.62. The number of hydrogen-bond acceptors (Lipinski definition) is 2. The molecular formula is C12H15NO2. The van der Waals surface area contributed by atoms with E-state index in [9.17, 15) is 4.79 Å². The van der Waals surface area contributed by atoms with Gasteiger partial charge in [-0.2, -0.15) is 0 Å². The predicted molar refractivity (Wildman–Crippen MR) is 57.8 cm³/mol. The van der Waals surface area contributed by atoms with Gasteiger partial charge in [0.15, 0.2) is 0 Å². The summed E-state index contributed by atoms with van der Waals surface area (Å²) in [6.07, 6.45) is -0.452. The Balaban J connectivity index is 2.13. The highest BCUT2D eigenvalue weighted by Gasteiger charge is 2.23. The van der Waals surface area contributed by atoms with Crippen molar-refractivity contribution in [3.63, 3.8) is 0 Å². The summed E-state index contributed by atoms with van der Waals surface area (Å²) in [6.45, 7) is 4.89. The van der Waals surface area contributed by atoms with Gasteiger partial charge in [-0.3, -0.25) is 0 Å². The van der Waals surface area contributed by atoms with Crippen LogP contribution in [0.5, 0.6) is 0 Å². The largest absolute Gasteiger partial charge is 0.439 e. The number of carbonyl (C=O) groups excluding carboxylic acids is 1. The quantitative estimate of drug-likeness (QED) is 0.805. The summed E-state index contributed by atoms with van der Waals surface area (Å²) in [5.74, 6) is 0.531. The lowest BCUT2D eigenvalue weighted by Crippen LogP contribution is -2.12. The monoisotopic (exact) mass is 205 g/mol. The molecule has 1 aromatic rings. The molecule has 0 spiro atoms. The van der Waals surface area contributed by atoms with Gasteiger partial charge in [0.25, 0.3) is 0 Å². The molecule has 15 heavy (non-hydrogen) atoms. The third-order valence-corrected chi connectivity index (χ3v) is 2.66. The maximum absolute atomic E-state index is 10.9. The fourth-order valence-electron chi connectivity index (χ4n) is 1.67. The van der Waals surface area contributed by atoms with Crippen LogP contribution in [0.25, 0.3) is 0 Å². The lowest BCUT2D eigenvalue weighted by atomic mass is 10.00. The van der Waals surface area contributed by atoms with Crippen molar-refractivity contribution in [3.05, 3.63) is 35.4 Å². The smallest absolute Gasteiger partial charge is 0.407 e. The topological polar surface area (TPSA) is 38.3 Å². The molecule has 0 aromatic heterocycles. The van der Waals surface area contributed by atoms with Gasteiger partial charge in [0.2, 0.25) is 0 Å². The van der Waals surface area contributed by atoms with E-state index in [1.54, 1.807) is 0 Å². The highest BCUT2D eigenvalue weighted by atomic mass is 16.6. The molecule has 2 rings (SSSR count). The van der Waals surface area contributed by atoms with Crippen molar-refractivity contribution < 1.29 is 9.53 Å². The number of alkyl carbamates (subject to hydrolysis) is 1. The molecule has 1 fully saturated rings. The van der Waals surface area contributed by atoms with E-state index in [0.717, 1.165) is 5.56 Å². The average Bonchev–Trinajstić information content (AvgIpc) is 2.65. The standard InChI is InChI=1S/C12H15NO2/c1-8(2)9-3-5-10(6-4-9)11-7-13-12(14)15-11/h3-6,8,11H,7H2,1-2H3,(H,13,14). The Morgan fingerprint density at radius 1 is 1.33 bits per heavy atom. The highest BCUT2D eigenvalue weighted by Crippen LogP contribution is 2.23. The van der Waals surface area contributed by atoms with E-state index >= 15 is 0 Å². The second-order valence-corrected chi connectivity index (χ2v) is 4.10. The second-order valence-electron chi connectivity index (χ2n) is 4.10. The van der Waals surface area contributed by atoms with Crippen LogP contribution in [0.3, 0.4) is 0 Å². The molecular weight excluding hydrogens is 190 g/mol. The zero-order chi connectivity index (χ0) is 10.8. The number of cyclic esters (lactones) is 1. The van der Waals surface area contributed by atoms with Gasteiger partial charge >= 0.3 is 6.09 Å². The molecule has 1 unspecified atom stereocenters. The summed E-state index contributed by atoms with van der Waals surface area (Å²) in [5.41, 5.74) is 2.36. The number of nitrogens with one attached hydrogen (secondary N) is 1. The third kappa shape index (κ3) is 2.12. The van der Waals surface area contributed by atoms with Crippen LogP contribution in [0, 0.1) is 0 Å². The summed E-state index contributed by atoms with van der Waals surface area (Å²) >= 11 is 0. The van der Waals surface area contributed by atoms with Crippen molar-refractivity contribution in [2.75, 3.05) is 6.54 Å². The molecule has 0 saturated carbocycles. The minimum absolute atomic E-state index is 0.126. The van der Waals surface area contributed by atoms with Crippen LogP contribution in [-0.4, -0.2) is 12.6 Å². The molecule has 1 aliphatic rings. The SMILES string of the molecule is CC(C)c1ccc(C2CNC(=O)O2)cc1. The number of amides is 1. The Morgan fingerprint density at radius 3 is 2.47 bits per heavy atom. The normalized spacial score (nSPS) is 20.2. The molecule has 1 atom stereocenters. The first-order chi connectivity index (χ1) is 7.16. The van der Waals surface area contributed by atoms with E-state index in [-0.39, 0.29) is 12.2 Å².